The molecular formula is C7H16N2O2. The average molecular weight is 160 g/mol. The van der Waals surface area contributed by atoms with Crippen LogP contribution in [0.25, 0.3) is 0 Å². The molecule has 0 radical (unpaired) electrons. The molecule has 0 aliphatic carbocycles. The van der Waals surface area contributed by atoms with Crippen LogP contribution in [0, 0.1) is 5.92 Å². The maximum Gasteiger partial charge on any atom is 0.209 e. The Kier molecular flexibility index (Phi) is 5.78. The normalized spacial score (nSPS) is 18.6. The highest BCUT2D eigenvalue weighted by Crippen LogP contribution is 2.13. The molecule has 11 heavy (non-hydrogen) atoms. The summed E-state index contributed by atoms with van der Waals surface area (Å²) < 4.78 is 0. The van der Waals surface area contributed by atoms with Crippen LogP contribution in [0.5, 0.6) is 0 Å². The first-order valence-electron chi connectivity index (χ1n) is 3.78. The molecule has 0 aromatic carbocycles. The number of carbonyl (C=O) groups excluding carboxylic acids is 1. The Bertz CT molecular complexity index is 101. The van der Waals surface area contributed by atoms with Crippen molar-refractivity contribution in [3.05, 3.63) is 0 Å². The summed E-state index contributed by atoms with van der Waals surface area (Å²) in [6, 6.07) is 0. The fraction of sp³-hybridized carbons (Fsp3) is 0.857. The third-order valence-corrected chi connectivity index (χ3v) is 1.97. The zero-order valence-corrected chi connectivity index (χ0v) is 6.86. The number of hydrogen-bond acceptors (Lipinski definition) is 3. The van der Waals surface area contributed by atoms with Crippen molar-refractivity contribution in [3.63, 3.8) is 0 Å². The molecule has 4 heteroatoms. The molecule has 0 atom stereocenters. The molecule has 66 valence electrons. The third kappa shape index (κ3) is 3.95. The van der Waals surface area contributed by atoms with Gasteiger partial charge in [0.25, 0.3) is 0 Å². The molecule has 0 spiro atoms. The molecule has 0 aromatic heterocycles. The van der Waals surface area contributed by atoms with Gasteiger partial charge >= 0.3 is 0 Å². The van der Waals surface area contributed by atoms with Crippen molar-refractivity contribution in [1.82, 2.24) is 4.90 Å². The van der Waals surface area contributed by atoms with Crippen LogP contribution in [0.4, 0.5) is 0 Å². The Hall–Kier alpha value is -0.610. The lowest BCUT2D eigenvalue weighted by Crippen LogP contribution is -2.31. The molecule has 1 fully saturated rings. The number of carbonyl (C=O) groups is 1. The highest BCUT2D eigenvalue weighted by atomic mass is 16.4. The molecule has 1 aliphatic heterocycles. The van der Waals surface area contributed by atoms with Gasteiger partial charge in [-0.1, -0.05) is 6.92 Å². The Balaban J connectivity index is 0.000000461. The van der Waals surface area contributed by atoms with E-state index in [1.54, 1.807) is 0 Å². The number of piperidine rings is 1. The molecule has 1 amide bonds. The van der Waals surface area contributed by atoms with Crippen molar-refractivity contribution < 1.29 is 10.0 Å². The molecule has 1 heterocycles. The standard InChI is InChI=1S/C7H13NO.H3NO/c1-7-2-4-8(6-9)5-3-7;1-2/h6-7H,2-5H2,1H3;2H,1H2. The van der Waals surface area contributed by atoms with Gasteiger partial charge in [0, 0.05) is 13.1 Å². The zero-order valence-electron chi connectivity index (χ0n) is 6.86. The van der Waals surface area contributed by atoms with Gasteiger partial charge in [0.1, 0.15) is 0 Å². The molecule has 4 nitrogen and oxygen atoms in total. The van der Waals surface area contributed by atoms with Crippen molar-refractivity contribution in [1.29, 1.82) is 0 Å². The van der Waals surface area contributed by atoms with Crippen LogP contribution in [-0.2, 0) is 4.79 Å². The maximum atomic E-state index is 10.2. The van der Waals surface area contributed by atoms with Gasteiger partial charge in [-0.15, -0.1) is 0 Å². The van der Waals surface area contributed by atoms with E-state index in [1.807, 2.05) is 4.90 Å². The van der Waals surface area contributed by atoms with Gasteiger partial charge in [-0.2, -0.15) is 0 Å². The third-order valence-electron chi connectivity index (χ3n) is 1.97. The minimum atomic E-state index is 0.821. The summed E-state index contributed by atoms with van der Waals surface area (Å²) in [6.45, 7) is 4.16. The van der Waals surface area contributed by atoms with E-state index in [0.29, 0.717) is 0 Å². The smallest absolute Gasteiger partial charge is 0.209 e. The van der Waals surface area contributed by atoms with E-state index >= 15 is 0 Å². The average Bonchev–Trinajstić information content (AvgIpc) is 2.10. The predicted molar refractivity (Wildman–Crippen MR) is 42.0 cm³/mol. The van der Waals surface area contributed by atoms with E-state index in [1.165, 1.54) is 12.8 Å². The van der Waals surface area contributed by atoms with Gasteiger partial charge < -0.3 is 10.1 Å². The highest BCUT2D eigenvalue weighted by Gasteiger charge is 2.12. The van der Waals surface area contributed by atoms with Gasteiger partial charge in [-0.05, 0) is 18.8 Å². The second-order valence-electron chi connectivity index (χ2n) is 2.82. The second kappa shape index (κ2) is 6.12. The van der Waals surface area contributed by atoms with Crippen LogP contribution in [0.15, 0.2) is 0 Å². The van der Waals surface area contributed by atoms with Gasteiger partial charge in [0.2, 0.25) is 6.41 Å². The summed E-state index contributed by atoms with van der Waals surface area (Å²) >= 11 is 0. The van der Waals surface area contributed by atoms with Crippen molar-refractivity contribution in [2.24, 2.45) is 11.8 Å². The molecule has 0 bridgehead atoms. The Labute approximate surface area is 66.9 Å². The van der Waals surface area contributed by atoms with Gasteiger partial charge in [0.05, 0.1) is 0 Å². The Morgan fingerprint density at radius 2 is 1.91 bits per heavy atom. The van der Waals surface area contributed by atoms with Gasteiger partial charge in [-0.3, -0.25) is 4.79 Å². The van der Waals surface area contributed by atoms with E-state index in [9.17, 15) is 4.79 Å². The molecule has 3 N–H and O–H groups in total. The molecule has 0 unspecified atom stereocenters. The Morgan fingerprint density at radius 1 is 1.45 bits per heavy atom. The number of nitrogens with two attached hydrogens (primary N) is 1. The van der Waals surface area contributed by atoms with Crippen molar-refractivity contribution in [2.75, 3.05) is 13.1 Å². The molecule has 1 rings (SSSR count). The fourth-order valence-corrected chi connectivity index (χ4v) is 1.13. The predicted octanol–water partition coefficient (Wildman–Crippen LogP) is 0.209. The lowest BCUT2D eigenvalue weighted by Gasteiger charge is -2.26. The van der Waals surface area contributed by atoms with E-state index in [0.717, 1.165) is 25.4 Å². The van der Waals surface area contributed by atoms with Crippen molar-refractivity contribution in [2.45, 2.75) is 19.8 Å². The summed E-state index contributed by atoms with van der Waals surface area (Å²) in [6.07, 6.45) is 3.31. The van der Waals surface area contributed by atoms with E-state index < -0.39 is 0 Å². The molecule has 1 aliphatic rings. The summed E-state index contributed by atoms with van der Waals surface area (Å²) in [5.74, 6) is 4.32. The van der Waals surface area contributed by atoms with Crippen molar-refractivity contribution in [3.8, 4) is 0 Å². The van der Waals surface area contributed by atoms with Crippen LogP contribution in [0.3, 0.4) is 0 Å². The van der Waals surface area contributed by atoms with Crippen LogP contribution >= 0.6 is 0 Å². The number of hydrogen-bond donors (Lipinski definition) is 2. The molecular weight excluding hydrogens is 144 g/mol. The number of amides is 1. The fourth-order valence-electron chi connectivity index (χ4n) is 1.13. The minimum absolute atomic E-state index is 0.821. The first-order chi connectivity index (χ1) is 5.33. The van der Waals surface area contributed by atoms with Crippen LogP contribution in [-0.4, -0.2) is 29.6 Å². The molecule has 1 saturated heterocycles. The summed E-state index contributed by atoms with van der Waals surface area (Å²) in [5, 5.41) is 6.50. The molecule has 0 aromatic rings. The van der Waals surface area contributed by atoms with E-state index in [-0.39, 0.29) is 0 Å². The van der Waals surface area contributed by atoms with Crippen LogP contribution in [0.2, 0.25) is 0 Å². The highest BCUT2D eigenvalue weighted by molar-refractivity contribution is 5.46. The Morgan fingerprint density at radius 3 is 2.27 bits per heavy atom. The molecule has 0 saturated carbocycles. The lowest BCUT2D eigenvalue weighted by molar-refractivity contribution is -0.119. The number of nitrogens with zero attached hydrogens (tertiary/aromatic N) is 1. The maximum absolute atomic E-state index is 10.2. The van der Waals surface area contributed by atoms with Gasteiger partial charge in [0.15, 0.2) is 0 Å². The summed E-state index contributed by atoms with van der Waals surface area (Å²) in [7, 11) is 0. The van der Waals surface area contributed by atoms with Crippen molar-refractivity contribution >= 4 is 6.41 Å². The van der Waals surface area contributed by atoms with E-state index in [4.69, 9.17) is 5.21 Å². The topological polar surface area (TPSA) is 66.6 Å². The van der Waals surface area contributed by atoms with Gasteiger partial charge in [-0.25, -0.2) is 5.90 Å². The lowest BCUT2D eigenvalue weighted by atomic mass is 10.00. The zero-order chi connectivity index (χ0) is 8.69. The monoisotopic (exact) mass is 160 g/mol. The largest absolute Gasteiger partial charge is 0.345 e. The van der Waals surface area contributed by atoms with Crippen LogP contribution in [0.1, 0.15) is 19.8 Å². The second-order valence-corrected chi connectivity index (χ2v) is 2.82. The SMILES string of the molecule is CC1CCN(C=O)CC1.NO. The quantitative estimate of drug-likeness (QED) is 0.425. The summed E-state index contributed by atoms with van der Waals surface area (Å²) in [4.78, 5) is 12.0. The first-order valence-corrected chi connectivity index (χ1v) is 3.78. The minimum Gasteiger partial charge on any atom is -0.345 e. The first kappa shape index (κ1) is 10.4. The summed E-state index contributed by atoms with van der Waals surface area (Å²) in [5.41, 5.74) is 0. The number of rotatable bonds is 1. The van der Waals surface area contributed by atoms with Crippen LogP contribution < -0.4 is 5.90 Å². The van der Waals surface area contributed by atoms with E-state index in [2.05, 4.69) is 12.8 Å². The number of likely N-dealkylation sites (tertiary alicyclic amines) is 1.